The van der Waals surface area contributed by atoms with Crippen LogP contribution in [0.1, 0.15) is 11.1 Å². The minimum absolute atomic E-state index is 0.883. The first-order valence-electron chi connectivity index (χ1n) is 5.63. The quantitative estimate of drug-likeness (QED) is 0.549. The average Bonchev–Trinajstić information content (AvgIpc) is 2.46. The number of hydrogen-bond acceptors (Lipinski definition) is 2. The van der Waals surface area contributed by atoms with E-state index in [0.29, 0.717) is 0 Å². The first kappa shape index (κ1) is 12.0. The summed E-state index contributed by atoms with van der Waals surface area (Å²) in [6.45, 7) is 6.98. The molecule has 0 aliphatic carbocycles. The van der Waals surface area contributed by atoms with Gasteiger partial charge in [-0.1, -0.05) is 36.4 Å². The van der Waals surface area contributed by atoms with E-state index in [1.807, 2.05) is 48.5 Å². The van der Waals surface area contributed by atoms with Crippen LogP contribution < -0.4 is 0 Å². The molecule has 0 aliphatic heterocycles. The van der Waals surface area contributed by atoms with Gasteiger partial charge in [0.1, 0.15) is 0 Å². The molecule has 2 nitrogen and oxygen atoms in total. The van der Waals surface area contributed by atoms with Crippen LogP contribution in [0.2, 0.25) is 0 Å². The average molecular weight is 234 g/mol. The topological polar surface area (TPSA) is 24.7 Å². The van der Waals surface area contributed by atoms with Gasteiger partial charge in [-0.3, -0.25) is 9.98 Å². The third kappa shape index (κ3) is 3.01. The lowest BCUT2D eigenvalue weighted by atomic mass is 10.1. The Morgan fingerprint density at radius 1 is 0.611 bits per heavy atom. The van der Waals surface area contributed by atoms with E-state index in [0.717, 1.165) is 22.5 Å². The molecule has 0 saturated carbocycles. The van der Waals surface area contributed by atoms with E-state index < -0.39 is 0 Å². The highest BCUT2D eigenvalue weighted by Crippen LogP contribution is 2.16. The van der Waals surface area contributed by atoms with Crippen LogP contribution in [0, 0.1) is 0 Å². The second kappa shape index (κ2) is 5.73. The molecule has 2 aromatic carbocycles. The summed E-state index contributed by atoms with van der Waals surface area (Å²) < 4.78 is 0. The Labute approximate surface area is 107 Å². The van der Waals surface area contributed by atoms with E-state index in [1.165, 1.54) is 0 Å². The van der Waals surface area contributed by atoms with Crippen molar-refractivity contribution in [3.05, 3.63) is 59.7 Å². The Morgan fingerprint density at radius 3 is 1.22 bits per heavy atom. The largest absolute Gasteiger partial charge is 0.265 e. The maximum Gasteiger partial charge on any atom is 0.0622 e. The predicted octanol–water partition coefficient (Wildman–Crippen LogP) is 4.52. The number of hydrogen-bond donors (Lipinski definition) is 0. The Bertz CT molecular complexity index is 510. The molecule has 0 fully saturated rings. The lowest BCUT2D eigenvalue weighted by molar-refractivity contribution is 1.53. The van der Waals surface area contributed by atoms with Gasteiger partial charge in [-0.15, -0.1) is 0 Å². The summed E-state index contributed by atoms with van der Waals surface area (Å²) in [4.78, 5) is 7.72. The van der Waals surface area contributed by atoms with Crippen molar-refractivity contribution < 1.29 is 0 Å². The molecule has 0 radical (unpaired) electrons. The number of rotatable bonds is 4. The zero-order valence-corrected chi connectivity index (χ0v) is 10.1. The summed E-state index contributed by atoms with van der Waals surface area (Å²) in [5.41, 5.74) is 4.03. The van der Waals surface area contributed by atoms with Crippen LogP contribution in [-0.4, -0.2) is 13.4 Å². The van der Waals surface area contributed by atoms with Gasteiger partial charge < -0.3 is 0 Å². The van der Waals surface area contributed by atoms with E-state index in [1.54, 1.807) is 0 Å². The fraction of sp³-hybridized carbons (Fsp3) is 0. The van der Waals surface area contributed by atoms with E-state index in [4.69, 9.17) is 0 Å². The van der Waals surface area contributed by atoms with Gasteiger partial charge in [-0.25, -0.2) is 0 Å². The molecule has 88 valence electrons. The van der Waals surface area contributed by atoms with Crippen LogP contribution in [0.4, 0.5) is 11.4 Å². The molecule has 0 heterocycles. The summed E-state index contributed by atoms with van der Waals surface area (Å²) in [5.74, 6) is 0. The van der Waals surface area contributed by atoms with Crippen LogP contribution in [0.3, 0.4) is 0 Å². The van der Waals surface area contributed by atoms with Gasteiger partial charge in [0, 0.05) is 0 Å². The molecule has 0 saturated heterocycles. The van der Waals surface area contributed by atoms with Gasteiger partial charge >= 0.3 is 0 Å². The van der Waals surface area contributed by atoms with Gasteiger partial charge in [-0.05, 0) is 48.8 Å². The smallest absolute Gasteiger partial charge is 0.0622 e. The zero-order valence-electron chi connectivity index (χ0n) is 10.1. The van der Waals surface area contributed by atoms with E-state index in [-0.39, 0.29) is 0 Å². The van der Waals surface area contributed by atoms with Crippen LogP contribution in [0.25, 0.3) is 12.2 Å². The van der Waals surface area contributed by atoms with Gasteiger partial charge in [0.25, 0.3) is 0 Å². The van der Waals surface area contributed by atoms with Crippen LogP contribution in [0.15, 0.2) is 58.5 Å². The molecule has 0 aliphatic rings. The number of aliphatic imine (C=N–C) groups is 2. The van der Waals surface area contributed by atoms with Crippen LogP contribution in [-0.2, 0) is 0 Å². The lowest BCUT2D eigenvalue weighted by Crippen LogP contribution is -1.72. The Balaban J connectivity index is 2.13. The highest BCUT2D eigenvalue weighted by atomic mass is 14.7. The number of nitrogens with zero attached hydrogens (tertiary/aromatic N) is 2. The minimum atomic E-state index is 0.883. The molecule has 0 bridgehead atoms. The van der Waals surface area contributed by atoms with Crippen molar-refractivity contribution in [1.82, 2.24) is 0 Å². The van der Waals surface area contributed by atoms with E-state index in [2.05, 4.69) is 35.6 Å². The molecule has 2 aromatic rings. The highest BCUT2D eigenvalue weighted by molar-refractivity contribution is 5.71. The van der Waals surface area contributed by atoms with E-state index >= 15 is 0 Å². The molecular formula is C16H14N2. The van der Waals surface area contributed by atoms with Crippen molar-refractivity contribution in [2.45, 2.75) is 0 Å². The van der Waals surface area contributed by atoms with Crippen molar-refractivity contribution in [2.75, 3.05) is 0 Å². The summed E-state index contributed by atoms with van der Waals surface area (Å²) in [6, 6.07) is 15.8. The molecule has 0 unspecified atom stereocenters. The molecule has 0 aromatic heterocycles. The summed E-state index contributed by atoms with van der Waals surface area (Å²) in [6.07, 6.45) is 4.12. The monoisotopic (exact) mass is 234 g/mol. The third-order valence-corrected chi connectivity index (χ3v) is 2.62. The van der Waals surface area contributed by atoms with Crippen LogP contribution in [0.5, 0.6) is 0 Å². The fourth-order valence-electron chi connectivity index (χ4n) is 1.57. The zero-order chi connectivity index (χ0) is 12.8. The molecule has 0 amide bonds. The summed E-state index contributed by atoms with van der Waals surface area (Å²) in [7, 11) is 0. The first-order chi connectivity index (χ1) is 8.81. The van der Waals surface area contributed by atoms with Crippen molar-refractivity contribution in [2.24, 2.45) is 9.98 Å². The molecule has 2 heteroatoms. The standard InChI is InChI=1S/C16H14N2/c1-17-15-9-5-13(6-10-15)3-4-14-7-11-16(18-2)12-8-14/h3-12H,1-2H2. The number of benzene rings is 2. The summed E-state index contributed by atoms with van der Waals surface area (Å²) in [5, 5.41) is 0. The second-order valence-electron chi connectivity index (χ2n) is 3.83. The molecule has 0 N–H and O–H groups in total. The minimum Gasteiger partial charge on any atom is -0.265 e. The fourth-order valence-corrected chi connectivity index (χ4v) is 1.57. The van der Waals surface area contributed by atoms with Gasteiger partial charge in [0.2, 0.25) is 0 Å². The normalized spacial score (nSPS) is 10.4. The van der Waals surface area contributed by atoms with Gasteiger partial charge in [-0.2, -0.15) is 0 Å². The van der Waals surface area contributed by atoms with E-state index in [9.17, 15) is 0 Å². The Kier molecular flexibility index (Phi) is 3.82. The van der Waals surface area contributed by atoms with Crippen molar-refractivity contribution in [1.29, 1.82) is 0 Å². The molecule has 2 rings (SSSR count). The Hall–Kier alpha value is -2.48. The molecule has 0 spiro atoms. The van der Waals surface area contributed by atoms with Crippen molar-refractivity contribution in [3.63, 3.8) is 0 Å². The first-order valence-corrected chi connectivity index (χ1v) is 5.63. The SMILES string of the molecule is C=Nc1ccc(C=Cc2ccc(N=C)cc2)cc1. The highest BCUT2D eigenvalue weighted by Gasteiger charge is 1.90. The second-order valence-corrected chi connectivity index (χ2v) is 3.83. The molecule has 0 atom stereocenters. The maximum atomic E-state index is 3.86. The van der Waals surface area contributed by atoms with Gasteiger partial charge in [0.05, 0.1) is 11.4 Å². The predicted molar refractivity (Wildman–Crippen MR) is 80.2 cm³/mol. The van der Waals surface area contributed by atoms with Crippen molar-refractivity contribution >= 4 is 37.0 Å². The van der Waals surface area contributed by atoms with Crippen LogP contribution >= 0.6 is 0 Å². The summed E-state index contributed by atoms with van der Waals surface area (Å²) >= 11 is 0. The molecule has 18 heavy (non-hydrogen) atoms. The lowest BCUT2D eigenvalue weighted by Gasteiger charge is -1.97. The third-order valence-electron chi connectivity index (χ3n) is 2.62. The Morgan fingerprint density at radius 2 is 0.944 bits per heavy atom. The molecular weight excluding hydrogens is 220 g/mol. The maximum absolute atomic E-state index is 3.86. The van der Waals surface area contributed by atoms with Crippen molar-refractivity contribution in [3.8, 4) is 0 Å². The van der Waals surface area contributed by atoms with Gasteiger partial charge in [0.15, 0.2) is 0 Å².